The van der Waals surface area contributed by atoms with Gasteiger partial charge in [0, 0.05) is 0 Å². The second kappa shape index (κ2) is 5.92. The quantitative estimate of drug-likeness (QED) is 0.419. The van der Waals surface area contributed by atoms with Gasteiger partial charge in [-0.15, -0.1) is 0 Å². The van der Waals surface area contributed by atoms with Gasteiger partial charge in [-0.05, 0) is 49.2 Å². The van der Waals surface area contributed by atoms with Crippen LogP contribution in [-0.4, -0.2) is 18.9 Å². The molecule has 122 valence electrons. The van der Waals surface area contributed by atoms with Crippen molar-refractivity contribution in [1.82, 2.24) is 0 Å². The van der Waals surface area contributed by atoms with Crippen LogP contribution in [0.25, 0.3) is 21.9 Å². The smallest absolute Gasteiger partial charge is 0.337 e. The number of benzene rings is 2. The van der Waals surface area contributed by atoms with Crippen LogP contribution in [0.4, 0.5) is 0 Å². The number of ketones is 1. The van der Waals surface area contributed by atoms with E-state index < -0.39 is 5.97 Å². The van der Waals surface area contributed by atoms with Gasteiger partial charge in [0.05, 0.1) is 29.0 Å². The van der Waals surface area contributed by atoms with Crippen LogP contribution in [0.1, 0.15) is 40.1 Å². The Hall–Kier alpha value is -2.95. The zero-order valence-corrected chi connectivity index (χ0v) is 13.6. The molecule has 0 aliphatic rings. The number of aryl methyl sites for hydroxylation is 1. The number of hydrogen-bond donors (Lipinski definition) is 0. The summed E-state index contributed by atoms with van der Waals surface area (Å²) in [5, 5.41) is 0.627. The number of carbonyl (C=O) groups is 2. The first-order chi connectivity index (χ1) is 11.5. The summed E-state index contributed by atoms with van der Waals surface area (Å²) in [6.45, 7) is 3.39. The molecule has 24 heavy (non-hydrogen) atoms. The van der Waals surface area contributed by atoms with E-state index in [-0.39, 0.29) is 27.7 Å². The summed E-state index contributed by atoms with van der Waals surface area (Å²) in [5.74, 6) is -0.688. The number of hydrogen-bond acceptors (Lipinski definition) is 5. The average molecular weight is 324 g/mol. The molecule has 0 aliphatic carbocycles. The highest BCUT2D eigenvalue weighted by Gasteiger charge is 2.16. The van der Waals surface area contributed by atoms with Gasteiger partial charge in [-0.3, -0.25) is 9.59 Å². The zero-order chi connectivity index (χ0) is 17.4. The number of rotatable bonds is 3. The summed E-state index contributed by atoms with van der Waals surface area (Å²) in [6.07, 6.45) is 0.690. The van der Waals surface area contributed by atoms with E-state index in [0.29, 0.717) is 23.0 Å². The van der Waals surface area contributed by atoms with Crippen LogP contribution in [0.15, 0.2) is 39.5 Å². The molecule has 0 fully saturated rings. The topological polar surface area (TPSA) is 73.6 Å². The number of carbonyl (C=O) groups excluding carboxylic acids is 2. The van der Waals surface area contributed by atoms with Gasteiger partial charge in [0.25, 0.3) is 0 Å². The fourth-order valence-electron chi connectivity index (χ4n) is 2.73. The van der Waals surface area contributed by atoms with E-state index in [2.05, 4.69) is 4.74 Å². The first kappa shape index (κ1) is 15.9. The highest BCUT2D eigenvalue weighted by molar-refractivity contribution is 6.07. The maximum atomic E-state index is 12.9. The molecule has 0 spiro atoms. The van der Waals surface area contributed by atoms with Crippen molar-refractivity contribution >= 4 is 33.7 Å². The Morgan fingerprint density at radius 2 is 1.88 bits per heavy atom. The SMILES string of the molecule is CCc1cc(C(C)=O)c2oc3ccc(C(=O)OC)cc3c(=O)c2c1. The predicted molar refractivity (Wildman–Crippen MR) is 90.7 cm³/mol. The molecule has 3 rings (SSSR count). The number of ether oxygens (including phenoxy) is 1. The molecular formula is C19H16O5. The molecule has 5 heteroatoms. The van der Waals surface area contributed by atoms with Gasteiger partial charge in [0.2, 0.25) is 5.43 Å². The van der Waals surface area contributed by atoms with Gasteiger partial charge in [-0.25, -0.2) is 4.79 Å². The molecule has 0 N–H and O–H groups in total. The lowest BCUT2D eigenvalue weighted by Crippen LogP contribution is -2.08. The Balaban J connectivity index is 2.44. The van der Waals surface area contributed by atoms with E-state index in [1.807, 2.05) is 6.92 Å². The molecule has 1 heterocycles. The lowest BCUT2D eigenvalue weighted by Gasteiger charge is -2.08. The summed E-state index contributed by atoms with van der Waals surface area (Å²) in [4.78, 5) is 36.5. The summed E-state index contributed by atoms with van der Waals surface area (Å²) >= 11 is 0. The van der Waals surface area contributed by atoms with Crippen LogP contribution in [-0.2, 0) is 11.2 Å². The molecule has 2 aromatic carbocycles. The molecule has 0 saturated carbocycles. The second-order valence-corrected chi connectivity index (χ2v) is 5.56. The van der Waals surface area contributed by atoms with Crippen LogP contribution in [0, 0.1) is 0 Å². The predicted octanol–water partition coefficient (Wildman–Crippen LogP) is 3.50. The minimum absolute atomic E-state index is 0.163. The number of esters is 1. The molecule has 0 aliphatic heterocycles. The van der Waals surface area contributed by atoms with Gasteiger partial charge in [-0.2, -0.15) is 0 Å². The van der Waals surface area contributed by atoms with Crippen molar-refractivity contribution in [2.24, 2.45) is 0 Å². The van der Waals surface area contributed by atoms with Gasteiger partial charge < -0.3 is 9.15 Å². The van der Waals surface area contributed by atoms with Crippen molar-refractivity contribution in [3.8, 4) is 0 Å². The minimum Gasteiger partial charge on any atom is -0.465 e. The fraction of sp³-hybridized carbons (Fsp3) is 0.211. The van der Waals surface area contributed by atoms with Crippen molar-refractivity contribution in [2.45, 2.75) is 20.3 Å². The maximum absolute atomic E-state index is 12.9. The second-order valence-electron chi connectivity index (χ2n) is 5.56. The highest BCUT2D eigenvalue weighted by Crippen LogP contribution is 2.25. The third-order valence-corrected chi connectivity index (χ3v) is 4.04. The molecule has 0 unspecified atom stereocenters. The van der Waals surface area contributed by atoms with Crippen molar-refractivity contribution < 1.29 is 18.7 Å². The van der Waals surface area contributed by atoms with E-state index in [4.69, 9.17) is 4.42 Å². The van der Waals surface area contributed by atoms with Crippen molar-refractivity contribution in [3.05, 3.63) is 57.2 Å². The van der Waals surface area contributed by atoms with Crippen molar-refractivity contribution in [2.75, 3.05) is 7.11 Å². The minimum atomic E-state index is -0.525. The molecule has 1 aromatic heterocycles. The third kappa shape index (κ3) is 2.48. The van der Waals surface area contributed by atoms with Crippen LogP contribution in [0.3, 0.4) is 0 Å². The molecule has 3 aromatic rings. The summed E-state index contributed by atoms with van der Waals surface area (Å²) < 4.78 is 10.5. The molecule has 5 nitrogen and oxygen atoms in total. The van der Waals surface area contributed by atoms with Crippen LogP contribution in [0.2, 0.25) is 0 Å². The fourth-order valence-corrected chi connectivity index (χ4v) is 2.73. The normalized spacial score (nSPS) is 11.0. The van der Waals surface area contributed by atoms with Crippen LogP contribution < -0.4 is 5.43 Å². The van der Waals surface area contributed by atoms with E-state index in [1.165, 1.54) is 26.2 Å². The summed E-state index contributed by atoms with van der Waals surface area (Å²) in [7, 11) is 1.28. The zero-order valence-electron chi connectivity index (χ0n) is 13.6. The van der Waals surface area contributed by atoms with Crippen molar-refractivity contribution in [1.29, 1.82) is 0 Å². The maximum Gasteiger partial charge on any atom is 0.337 e. The number of Topliss-reactive ketones (excluding diaryl/α,β-unsaturated/α-hetero) is 1. The lowest BCUT2D eigenvalue weighted by atomic mass is 10.0. The Morgan fingerprint density at radius 3 is 2.50 bits per heavy atom. The first-order valence-corrected chi connectivity index (χ1v) is 7.59. The molecule has 0 atom stereocenters. The third-order valence-electron chi connectivity index (χ3n) is 4.04. The van der Waals surface area contributed by atoms with Gasteiger partial charge in [0.1, 0.15) is 11.2 Å². The average Bonchev–Trinajstić information content (AvgIpc) is 2.60. The molecule has 0 amide bonds. The molecule has 0 radical (unpaired) electrons. The Morgan fingerprint density at radius 1 is 1.12 bits per heavy atom. The van der Waals surface area contributed by atoms with E-state index in [1.54, 1.807) is 18.2 Å². The number of methoxy groups -OCH3 is 1. The van der Waals surface area contributed by atoms with E-state index >= 15 is 0 Å². The summed E-state index contributed by atoms with van der Waals surface area (Å²) in [6, 6.07) is 8.01. The Labute approximate surface area is 137 Å². The Kier molecular flexibility index (Phi) is 3.93. The monoisotopic (exact) mass is 324 g/mol. The molecular weight excluding hydrogens is 308 g/mol. The van der Waals surface area contributed by atoms with Gasteiger partial charge in [-0.1, -0.05) is 6.92 Å². The highest BCUT2D eigenvalue weighted by atomic mass is 16.5. The van der Waals surface area contributed by atoms with Crippen LogP contribution in [0.5, 0.6) is 0 Å². The van der Waals surface area contributed by atoms with Crippen LogP contribution >= 0.6 is 0 Å². The van der Waals surface area contributed by atoms with Gasteiger partial charge in [0.15, 0.2) is 5.78 Å². The van der Waals surface area contributed by atoms with E-state index in [0.717, 1.165) is 5.56 Å². The standard InChI is InChI=1S/C19H16O5/c1-4-11-7-13(10(2)20)18-15(8-11)17(21)14-9-12(19(22)23-3)5-6-16(14)24-18/h5-9H,4H2,1-3H3. The van der Waals surface area contributed by atoms with Crippen molar-refractivity contribution in [3.63, 3.8) is 0 Å². The Bertz CT molecular complexity index is 1040. The number of fused-ring (bicyclic) bond motifs is 2. The van der Waals surface area contributed by atoms with Gasteiger partial charge >= 0.3 is 5.97 Å². The summed E-state index contributed by atoms with van der Waals surface area (Å²) in [5.41, 5.74) is 1.88. The lowest BCUT2D eigenvalue weighted by molar-refractivity contribution is 0.0600. The molecule has 0 bridgehead atoms. The molecule has 0 saturated heterocycles. The largest absolute Gasteiger partial charge is 0.465 e. The van der Waals surface area contributed by atoms with E-state index in [9.17, 15) is 14.4 Å². The first-order valence-electron chi connectivity index (χ1n) is 7.59.